The fraction of sp³-hybridized carbons (Fsp3) is 0.632. The molecule has 6 nitrogen and oxygen atoms in total. The highest BCUT2D eigenvalue weighted by molar-refractivity contribution is 14.0. The van der Waals surface area contributed by atoms with E-state index in [-0.39, 0.29) is 36.5 Å². The molecule has 1 aromatic rings. The topological polar surface area (TPSA) is 60.3 Å². The van der Waals surface area contributed by atoms with Gasteiger partial charge in [-0.2, -0.15) is 0 Å². The van der Waals surface area contributed by atoms with Crippen LogP contribution in [0.25, 0.3) is 0 Å². The van der Waals surface area contributed by atoms with E-state index >= 15 is 0 Å². The number of aliphatic hydroxyl groups is 1. The van der Waals surface area contributed by atoms with Gasteiger partial charge in [0, 0.05) is 52.4 Å². The average Bonchev–Trinajstić information content (AvgIpc) is 2.66. The van der Waals surface area contributed by atoms with Gasteiger partial charge in [0.2, 0.25) is 0 Å². The van der Waals surface area contributed by atoms with Crippen molar-refractivity contribution in [3.05, 3.63) is 30.3 Å². The largest absolute Gasteiger partial charge is 0.492 e. The smallest absolute Gasteiger partial charge is 0.194 e. The highest BCUT2D eigenvalue weighted by atomic mass is 127. The highest BCUT2D eigenvalue weighted by Gasteiger charge is 2.19. The lowest BCUT2D eigenvalue weighted by Gasteiger charge is -2.36. The number of rotatable bonds is 8. The molecule has 148 valence electrons. The Labute approximate surface area is 174 Å². The molecule has 7 heteroatoms. The molecule has 0 aliphatic carbocycles. The zero-order valence-electron chi connectivity index (χ0n) is 15.9. The Morgan fingerprint density at radius 2 is 1.92 bits per heavy atom. The maximum Gasteiger partial charge on any atom is 0.194 e. The highest BCUT2D eigenvalue weighted by Crippen LogP contribution is 2.09. The monoisotopic (exact) mass is 476 g/mol. The molecule has 1 aromatic carbocycles. The lowest BCUT2D eigenvalue weighted by atomic mass is 10.2. The Bertz CT molecular complexity index is 508. The third-order valence-corrected chi connectivity index (χ3v) is 4.29. The van der Waals surface area contributed by atoms with Crippen molar-refractivity contribution >= 4 is 29.9 Å². The van der Waals surface area contributed by atoms with E-state index in [1.807, 2.05) is 37.3 Å². The van der Waals surface area contributed by atoms with E-state index in [1.165, 1.54) is 0 Å². The van der Waals surface area contributed by atoms with Gasteiger partial charge >= 0.3 is 0 Å². The molecule has 0 spiro atoms. The zero-order valence-corrected chi connectivity index (χ0v) is 18.3. The second kappa shape index (κ2) is 13.2. The van der Waals surface area contributed by atoms with Crippen molar-refractivity contribution in [1.29, 1.82) is 0 Å². The Kier molecular flexibility index (Phi) is 11.6. The summed E-state index contributed by atoms with van der Waals surface area (Å²) < 4.78 is 5.78. The number of piperazine rings is 1. The molecule has 0 radical (unpaired) electrons. The van der Waals surface area contributed by atoms with Crippen molar-refractivity contribution in [3.8, 4) is 5.75 Å². The molecule has 1 unspecified atom stereocenters. The van der Waals surface area contributed by atoms with Gasteiger partial charge in [0.05, 0.1) is 0 Å². The fourth-order valence-electron chi connectivity index (χ4n) is 2.72. The molecular formula is C19H33IN4O2. The Morgan fingerprint density at radius 3 is 2.54 bits per heavy atom. The minimum Gasteiger partial charge on any atom is -0.492 e. The molecule has 0 aromatic heterocycles. The van der Waals surface area contributed by atoms with Crippen LogP contribution in [0.2, 0.25) is 0 Å². The first-order valence-corrected chi connectivity index (χ1v) is 9.27. The summed E-state index contributed by atoms with van der Waals surface area (Å²) in [5, 5.41) is 12.5. The molecule has 1 saturated heterocycles. The van der Waals surface area contributed by atoms with Gasteiger partial charge in [0.15, 0.2) is 5.96 Å². The Morgan fingerprint density at radius 1 is 1.23 bits per heavy atom. The minimum absolute atomic E-state index is 0. The number of aliphatic imine (C=N–C) groups is 1. The molecule has 2 rings (SSSR count). The molecule has 0 amide bonds. The number of hydrogen-bond acceptors (Lipinski definition) is 4. The Hall–Kier alpha value is -1.06. The van der Waals surface area contributed by atoms with Crippen LogP contribution in [0.3, 0.4) is 0 Å². The number of benzene rings is 1. The van der Waals surface area contributed by atoms with Crippen molar-refractivity contribution < 1.29 is 9.84 Å². The standard InChI is InChI=1S/C19H32N4O2.HI/c1-3-20-19(21-15-17(2)16-24)23-11-9-22(10-12-23)13-14-25-18-7-5-4-6-8-18;/h4-8,17,24H,3,9-16H2,1-2H3,(H,20,21);1H. The third-order valence-electron chi connectivity index (χ3n) is 4.29. The molecule has 1 heterocycles. The van der Waals surface area contributed by atoms with E-state index in [0.717, 1.165) is 51.0 Å². The molecule has 2 N–H and O–H groups in total. The van der Waals surface area contributed by atoms with Gasteiger partial charge in [-0.05, 0) is 25.0 Å². The number of nitrogens with zero attached hydrogens (tertiary/aromatic N) is 3. The molecule has 1 aliphatic heterocycles. The van der Waals surface area contributed by atoms with E-state index in [9.17, 15) is 0 Å². The van der Waals surface area contributed by atoms with Gasteiger partial charge in [-0.3, -0.25) is 9.89 Å². The quantitative estimate of drug-likeness (QED) is 0.341. The molecule has 26 heavy (non-hydrogen) atoms. The molecular weight excluding hydrogens is 443 g/mol. The van der Waals surface area contributed by atoms with E-state index in [4.69, 9.17) is 9.84 Å². The van der Waals surface area contributed by atoms with Gasteiger partial charge in [0.1, 0.15) is 12.4 Å². The predicted molar refractivity (Wildman–Crippen MR) is 118 cm³/mol. The molecule has 1 atom stereocenters. The summed E-state index contributed by atoms with van der Waals surface area (Å²) >= 11 is 0. The summed E-state index contributed by atoms with van der Waals surface area (Å²) in [7, 11) is 0. The molecule has 0 saturated carbocycles. The van der Waals surface area contributed by atoms with Crippen LogP contribution in [0.5, 0.6) is 5.75 Å². The van der Waals surface area contributed by atoms with Gasteiger partial charge in [-0.1, -0.05) is 25.1 Å². The predicted octanol–water partition coefficient (Wildman–Crippen LogP) is 1.89. The molecule has 1 fully saturated rings. The molecule has 0 bridgehead atoms. The van der Waals surface area contributed by atoms with Crippen LogP contribution in [-0.4, -0.2) is 79.9 Å². The summed E-state index contributed by atoms with van der Waals surface area (Å²) in [4.78, 5) is 9.40. The first kappa shape index (κ1) is 23.0. The lowest BCUT2D eigenvalue weighted by Crippen LogP contribution is -2.53. The van der Waals surface area contributed by atoms with Gasteiger partial charge in [-0.15, -0.1) is 24.0 Å². The van der Waals surface area contributed by atoms with Crippen molar-refractivity contribution in [2.75, 3.05) is 59.0 Å². The summed E-state index contributed by atoms with van der Waals surface area (Å²) in [6.07, 6.45) is 0. The zero-order chi connectivity index (χ0) is 17.9. The van der Waals surface area contributed by atoms with E-state index in [2.05, 4.69) is 27.0 Å². The van der Waals surface area contributed by atoms with Gasteiger partial charge < -0.3 is 20.1 Å². The lowest BCUT2D eigenvalue weighted by molar-refractivity contribution is 0.152. The number of ether oxygens (including phenoxy) is 1. The number of aliphatic hydroxyl groups excluding tert-OH is 1. The van der Waals surface area contributed by atoms with E-state index in [1.54, 1.807) is 0 Å². The number of guanidine groups is 1. The van der Waals surface area contributed by atoms with Crippen LogP contribution < -0.4 is 10.1 Å². The van der Waals surface area contributed by atoms with Crippen LogP contribution >= 0.6 is 24.0 Å². The first-order chi connectivity index (χ1) is 12.2. The first-order valence-electron chi connectivity index (χ1n) is 9.27. The summed E-state index contributed by atoms with van der Waals surface area (Å²) in [6, 6.07) is 9.96. The second-order valence-electron chi connectivity index (χ2n) is 6.47. The van der Waals surface area contributed by atoms with Crippen molar-refractivity contribution in [2.45, 2.75) is 13.8 Å². The summed E-state index contributed by atoms with van der Waals surface area (Å²) in [5.74, 6) is 2.09. The maximum atomic E-state index is 9.17. The van der Waals surface area contributed by atoms with E-state index in [0.29, 0.717) is 13.2 Å². The van der Waals surface area contributed by atoms with Crippen LogP contribution in [-0.2, 0) is 0 Å². The second-order valence-corrected chi connectivity index (χ2v) is 6.47. The Balaban J connectivity index is 0.00000338. The molecule has 1 aliphatic rings. The third kappa shape index (κ3) is 8.09. The maximum absolute atomic E-state index is 9.17. The van der Waals surface area contributed by atoms with Crippen LogP contribution in [0, 0.1) is 5.92 Å². The number of para-hydroxylation sites is 1. The fourth-order valence-corrected chi connectivity index (χ4v) is 2.72. The van der Waals surface area contributed by atoms with Crippen LogP contribution in [0.4, 0.5) is 0 Å². The summed E-state index contributed by atoms with van der Waals surface area (Å²) in [6.45, 7) is 11.4. The summed E-state index contributed by atoms with van der Waals surface area (Å²) in [5.41, 5.74) is 0. The average molecular weight is 476 g/mol. The minimum atomic E-state index is 0. The van der Waals surface area contributed by atoms with Crippen LogP contribution in [0.15, 0.2) is 35.3 Å². The van der Waals surface area contributed by atoms with Crippen molar-refractivity contribution in [1.82, 2.24) is 15.1 Å². The normalized spacial score (nSPS) is 16.7. The number of hydrogen-bond donors (Lipinski definition) is 2. The number of halogens is 1. The van der Waals surface area contributed by atoms with E-state index < -0.39 is 0 Å². The SMILES string of the molecule is CCNC(=NCC(C)CO)N1CCN(CCOc2ccccc2)CC1.I. The van der Waals surface area contributed by atoms with Gasteiger partial charge in [0.25, 0.3) is 0 Å². The van der Waals surface area contributed by atoms with Crippen molar-refractivity contribution in [3.63, 3.8) is 0 Å². The number of nitrogens with one attached hydrogen (secondary N) is 1. The van der Waals surface area contributed by atoms with Gasteiger partial charge in [-0.25, -0.2) is 0 Å². The van der Waals surface area contributed by atoms with Crippen molar-refractivity contribution in [2.24, 2.45) is 10.9 Å². The van der Waals surface area contributed by atoms with Crippen LogP contribution in [0.1, 0.15) is 13.8 Å².